The van der Waals surface area contributed by atoms with Gasteiger partial charge in [0.1, 0.15) is 18.0 Å². The molecule has 112 valence electrons. The number of hydrogen-bond donors (Lipinski definition) is 1. The Hall–Kier alpha value is -0.690. The normalized spacial score (nSPS) is 25.2. The van der Waals surface area contributed by atoms with E-state index in [-0.39, 0.29) is 12.2 Å². The molecule has 1 fully saturated rings. The quantitative estimate of drug-likeness (QED) is 0.731. The van der Waals surface area contributed by atoms with Gasteiger partial charge in [0.2, 0.25) is 0 Å². The van der Waals surface area contributed by atoms with Gasteiger partial charge in [0.25, 0.3) is 0 Å². The Kier molecular flexibility index (Phi) is 6.22. The van der Waals surface area contributed by atoms with Crippen LogP contribution in [-0.2, 0) is 9.47 Å². The summed E-state index contributed by atoms with van der Waals surface area (Å²) in [5.41, 5.74) is 0. The average Bonchev–Trinajstić information content (AvgIpc) is 2.42. The van der Waals surface area contributed by atoms with Crippen LogP contribution in [-0.4, -0.2) is 50.1 Å². The van der Waals surface area contributed by atoms with Crippen LogP contribution in [0.25, 0.3) is 0 Å². The van der Waals surface area contributed by atoms with Crippen LogP contribution in [0.4, 0.5) is 0 Å². The summed E-state index contributed by atoms with van der Waals surface area (Å²) < 4.78 is 17.7. The van der Waals surface area contributed by atoms with Crippen molar-refractivity contribution >= 4 is 15.9 Å². The molecule has 1 aliphatic carbocycles. The van der Waals surface area contributed by atoms with E-state index < -0.39 is 0 Å². The molecule has 1 saturated carbocycles. The molecule has 0 bridgehead atoms. The molecule has 2 rings (SSSR count). The minimum Gasteiger partial charge on any atom is -0.486 e. The van der Waals surface area contributed by atoms with Gasteiger partial charge >= 0.3 is 0 Å². The molecule has 3 unspecified atom stereocenters. The van der Waals surface area contributed by atoms with E-state index in [1.54, 1.807) is 19.5 Å². The maximum Gasteiger partial charge on any atom is 0.139 e. The third-order valence-corrected chi connectivity index (χ3v) is 3.71. The molecule has 0 aromatic carbocycles. The number of aromatic nitrogens is 1. The van der Waals surface area contributed by atoms with E-state index in [1.807, 2.05) is 6.07 Å². The fourth-order valence-electron chi connectivity index (χ4n) is 2.28. The lowest BCUT2D eigenvalue weighted by Crippen LogP contribution is -2.61. The van der Waals surface area contributed by atoms with Crippen molar-refractivity contribution < 1.29 is 14.2 Å². The first kappa shape index (κ1) is 15.7. The van der Waals surface area contributed by atoms with Gasteiger partial charge in [-0.25, -0.2) is 0 Å². The number of methoxy groups -OCH3 is 1. The highest BCUT2D eigenvalue weighted by molar-refractivity contribution is 9.10. The van der Waals surface area contributed by atoms with Gasteiger partial charge < -0.3 is 19.5 Å². The van der Waals surface area contributed by atoms with Crippen molar-refractivity contribution in [2.75, 3.05) is 26.9 Å². The number of likely N-dealkylation sites (N-methyl/N-ethyl adjacent to an activating group) is 1. The minimum atomic E-state index is 0.0593. The van der Waals surface area contributed by atoms with Crippen molar-refractivity contribution in [1.82, 2.24) is 10.3 Å². The zero-order chi connectivity index (χ0) is 14.4. The summed E-state index contributed by atoms with van der Waals surface area (Å²) in [6.45, 7) is 4.21. The Morgan fingerprint density at radius 1 is 1.40 bits per heavy atom. The fourth-order valence-corrected chi connectivity index (χ4v) is 2.63. The summed E-state index contributed by atoms with van der Waals surface area (Å²) in [4.78, 5) is 4.10. The summed E-state index contributed by atoms with van der Waals surface area (Å²) in [6.07, 6.45) is 4.52. The molecule has 1 aromatic rings. The first-order valence-electron chi connectivity index (χ1n) is 6.85. The molecule has 0 spiro atoms. The molecular formula is C14H21BrN2O3. The smallest absolute Gasteiger partial charge is 0.139 e. The summed E-state index contributed by atoms with van der Waals surface area (Å²) in [5.74, 6) is 0.764. The molecule has 1 aliphatic rings. The molecule has 0 radical (unpaired) electrons. The Bertz CT molecular complexity index is 419. The lowest BCUT2D eigenvalue weighted by molar-refractivity contribution is -0.115. The van der Waals surface area contributed by atoms with Crippen molar-refractivity contribution in [1.29, 1.82) is 0 Å². The molecule has 5 nitrogen and oxygen atoms in total. The number of nitrogens with zero attached hydrogens (tertiary/aromatic N) is 1. The number of hydrogen-bond acceptors (Lipinski definition) is 5. The summed E-state index contributed by atoms with van der Waals surface area (Å²) in [6, 6.07) is 2.27. The first-order valence-corrected chi connectivity index (χ1v) is 7.65. The highest BCUT2D eigenvalue weighted by Gasteiger charge is 2.43. The van der Waals surface area contributed by atoms with Crippen LogP contribution in [0.3, 0.4) is 0 Å². The Morgan fingerprint density at radius 2 is 2.25 bits per heavy atom. The lowest BCUT2D eigenvalue weighted by Gasteiger charge is -2.44. The van der Waals surface area contributed by atoms with Crippen molar-refractivity contribution in [3.8, 4) is 5.75 Å². The monoisotopic (exact) mass is 344 g/mol. The second-order valence-corrected chi connectivity index (χ2v) is 5.64. The van der Waals surface area contributed by atoms with Gasteiger partial charge in [-0.1, -0.05) is 6.92 Å². The number of halogens is 1. The maximum atomic E-state index is 5.95. The van der Waals surface area contributed by atoms with E-state index in [2.05, 4.69) is 33.2 Å². The number of ether oxygens (including phenoxy) is 3. The van der Waals surface area contributed by atoms with Crippen molar-refractivity contribution in [3.63, 3.8) is 0 Å². The summed E-state index contributed by atoms with van der Waals surface area (Å²) >= 11 is 3.39. The molecule has 20 heavy (non-hydrogen) atoms. The predicted molar refractivity (Wildman–Crippen MR) is 80.1 cm³/mol. The summed E-state index contributed by atoms with van der Waals surface area (Å²) in [7, 11) is 1.67. The zero-order valence-electron chi connectivity index (χ0n) is 11.8. The fraction of sp³-hybridized carbons (Fsp3) is 0.643. The van der Waals surface area contributed by atoms with Gasteiger partial charge in [-0.2, -0.15) is 0 Å². The number of pyridine rings is 1. The van der Waals surface area contributed by atoms with Crippen molar-refractivity contribution in [3.05, 3.63) is 22.9 Å². The van der Waals surface area contributed by atoms with Gasteiger partial charge in [0.15, 0.2) is 0 Å². The van der Waals surface area contributed by atoms with Crippen LogP contribution in [0.2, 0.25) is 0 Å². The van der Waals surface area contributed by atoms with Gasteiger partial charge in [-0.05, 0) is 28.5 Å². The lowest BCUT2D eigenvalue weighted by atomic mass is 9.85. The second-order valence-electron chi connectivity index (χ2n) is 4.72. The highest BCUT2D eigenvalue weighted by Crippen LogP contribution is 2.29. The van der Waals surface area contributed by atoms with Crippen LogP contribution in [0.15, 0.2) is 22.9 Å². The zero-order valence-corrected chi connectivity index (χ0v) is 13.4. The van der Waals surface area contributed by atoms with Crippen molar-refractivity contribution in [2.24, 2.45) is 0 Å². The molecule has 6 heteroatoms. The predicted octanol–water partition coefficient (Wildman–Crippen LogP) is 2.00. The van der Waals surface area contributed by atoms with E-state index in [1.165, 1.54) is 0 Å². The molecule has 0 saturated heterocycles. The molecule has 1 heterocycles. The van der Waals surface area contributed by atoms with Crippen LogP contribution in [0, 0.1) is 0 Å². The third kappa shape index (κ3) is 4.15. The van der Waals surface area contributed by atoms with E-state index in [0.29, 0.717) is 19.3 Å². The summed E-state index contributed by atoms with van der Waals surface area (Å²) in [5, 5.41) is 3.42. The Labute approximate surface area is 128 Å². The highest BCUT2D eigenvalue weighted by atomic mass is 79.9. The SMILES string of the molecule is CCNC1CC(Oc2cncc(Br)c2)C1OCCOC. The standard InChI is InChI=1S/C14H21BrN2O3/c1-3-17-12-7-13(14(12)19-5-4-18-2)20-11-6-10(15)8-16-9-11/h6,8-9,12-14,17H,3-5,7H2,1-2H3. The van der Waals surface area contributed by atoms with Gasteiger partial charge in [0.05, 0.1) is 19.4 Å². The average molecular weight is 345 g/mol. The van der Waals surface area contributed by atoms with E-state index >= 15 is 0 Å². The second kappa shape index (κ2) is 7.93. The first-order chi connectivity index (χ1) is 9.74. The van der Waals surface area contributed by atoms with Crippen LogP contribution in [0.5, 0.6) is 5.75 Å². The molecule has 3 atom stereocenters. The topological polar surface area (TPSA) is 52.6 Å². The Balaban J connectivity index is 1.89. The van der Waals surface area contributed by atoms with Crippen LogP contribution in [0.1, 0.15) is 13.3 Å². The molecular weight excluding hydrogens is 324 g/mol. The number of rotatable bonds is 8. The largest absolute Gasteiger partial charge is 0.486 e. The van der Waals surface area contributed by atoms with E-state index in [9.17, 15) is 0 Å². The molecule has 1 aromatic heterocycles. The molecule has 1 N–H and O–H groups in total. The Morgan fingerprint density at radius 3 is 2.95 bits per heavy atom. The van der Waals surface area contributed by atoms with Gasteiger partial charge in [0, 0.05) is 30.2 Å². The number of nitrogens with one attached hydrogen (secondary N) is 1. The van der Waals surface area contributed by atoms with E-state index in [0.717, 1.165) is 23.2 Å². The maximum absolute atomic E-state index is 5.95. The minimum absolute atomic E-state index is 0.0593. The van der Waals surface area contributed by atoms with Crippen LogP contribution >= 0.6 is 15.9 Å². The molecule has 0 amide bonds. The van der Waals surface area contributed by atoms with E-state index in [4.69, 9.17) is 14.2 Å². The third-order valence-electron chi connectivity index (χ3n) is 3.28. The van der Waals surface area contributed by atoms with Gasteiger partial charge in [-0.3, -0.25) is 4.98 Å². The van der Waals surface area contributed by atoms with Crippen molar-refractivity contribution in [2.45, 2.75) is 31.6 Å². The van der Waals surface area contributed by atoms with Crippen LogP contribution < -0.4 is 10.1 Å². The van der Waals surface area contributed by atoms with Gasteiger partial charge in [-0.15, -0.1) is 0 Å². The molecule has 0 aliphatic heterocycles.